The minimum absolute atomic E-state index is 0. The second-order valence-corrected chi connectivity index (χ2v) is 10.2. The van der Waals surface area contributed by atoms with Crippen LogP contribution in [0.4, 0.5) is 0 Å². The topological polar surface area (TPSA) is 92.7 Å². The molecule has 9 heteroatoms. The number of aliphatic imine (C=N–C) groups is 1. The molecular formula is C20H35IN4O3S. The monoisotopic (exact) mass is 538 g/mol. The van der Waals surface area contributed by atoms with E-state index in [0.717, 1.165) is 24.3 Å². The number of guanidine groups is 1. The van der Waals surface area contributed by atoms with Crippen LogP contribution in [0.2, 0.25) is 0 Å². The Morgan fingerprint density at radius 3 is 2.66 bits per heavy atom. The van der Waals surface area contributed by atoms with Crippen LogP contribution in [0.3, 0.4) is 0 Å². The summed E-state index contributed by atoms with van der Waals surface area (Å²) >= 11 is 0. The third-order valence-corrected chi connectivity index (χ3v) is 6.02. The molecule has 1 aromatic rings. The lowest BCUT2D eigenvalue weighted by atomic mass is 9.89. The van der Waals surface area contributed by atoms with Crippen LogP contribution in [0.5, 0.6) is 5.88 Å². The fourth-order valence-electron chi connectivity index (χ4n) is 3.22. The van der Waals surface area contributed by atoms with E-state index in [0.29, 0.717) is 24.8 Å². The van der Waals surface area contributed by atoms with Gasteiger partial charge in [-0.05, 0) is 56.6 Å². The highest BCUT2D eigenvalue weighted by Crippen LogP contribution is 2.26. The minimum Gasteiger partial charge on any atom is -0.474 e. The zero-order chi connectivity index (χ0) is 20.6. The molecule has 1 aliphatic carbocycles. The zero-order valence-electron chi connectivity index (χ0n) is 17.8. The molecule has 1 saturated carbocycles. The van der Waals surface area contributed by atoms with Gasteiger partial charge in [0.1, 0.15) is 15.9 Å². The second kappa shape index (κ2) is 12.6. The Bertz CT molecular complexity index is 750. The number of nitrogens with one attached hydrogen (secondary N) is 2. The summed E-state index contributed by atoms with van der Waals surface area (Å²) in [4.78, 5) is 8.55. The molecule has 1 aromatic heterocycles. The molecule has 1 aliphatic rings. The number of aromatic nitrogens is 1. The van der Waals surface area contributed by atoms with Crippen LogP contribution in [0.25, 0.3) is 0 Å². The van der Waals surface area contributed by atoms with E-state index >= 15 is 0 Å². The van der Waals surface area contributed by atoms with Crippen molar-refractivity contribution in [2.24, 2.45) is 10.9 Å². The summed E-state index contributed by atoms with van der Waals surface area (Å²) < 4.78 is 28.7. The molecule has 0 radical (unpaired) electrons. The maximum atomic E-state index is 11.3. The van der Waals surface area contributed by atoms with Gasteiger partial charge in [0.15, 0.2) is 5.96 Å². The van der Waals surface area contributed by atoms with E-state index < -0.39 is 9.84 Å². The number of hydrogen-bond acceptors (Lipinski definition) is 5. The van der Waals surface area contributed by atoms with Crippen LogP contribution in [0, 0.1) is 5.92 Å². The van der Waals surface area contributed by atoms with Gasteiger partial charge in [0.2, 0.25) is 5.88 Å². The molecule has 1 heterocycles. The van der Waals surface area contributed by atoms with Gasteiger partial charge in [-0.2, -0.15) is 0 Å². The van der Waals surface area contributed by atoms with E-state index in [4.69, 9.17) is 4.74 Å². The maximum Gasteiger partial charge on any atom is 0.213 e. The lowest BCUT2D eigenvalue weighted by molar-refractivity contribution is 0.130. The minimum atomic E-state index is -2.96. The number of nitrogens with zero attached hydrogens (tertiary/aromatic N) is 2. The van der Waals surface area contributed by atoms with Gasteiger partial charge in [-0.25, -0.2) is 13.4 Å². The average Bonchev–Trinajstić information content (AvgIpc) is 2.65. The lowest BCUT2D eigenvalue weighted by Gasteiger charge is -2.26. The molecular weight excluding hydrogens is 503 g/mol. The van der Waals surface area contributed by atoms with Gasteiger partial charge in [0.05, 0.1) is 5.75 Å². The summed E-state index contributed by atoms with van der Waals surface area (Å²) in [5.41, 5.74) is 1.06. The Kier molecular flexibility index (Phi) is 11.2. The molecule has 0 saturated heterocycles. The molecule has 7 nitrogen and oxygen atoms in total. The third kappa shape index (κ3) is 10.5. The first-order chi connectivity index (χ1) is 13.2. The Labute approximate surface area is 192 Å². The predicted octanol–water partition coefficient (Wildman–Crippen LogP) is 3.15. The van der Waals surface area contributed by atoms with Crippen LogP contribution in [0.15, 0.2) is 23.3 Å². The van der Waals surface area contributed by atoms with Gasteiger partial charge < -0.3 is 15.4 Å². The number of pyridine rings is 1. The smallest absolute Gasteiger partial charge is 0.213 e. The van der Waals surface area contributed by atoms with Gasteiger partial charge in [0, 0.05) is 38.2 Å². The van der Waals surface area contributed by atoms with E-state index in [9.17, 15) is 8.42 Å². The summed E-state index contributed by atoms with van der Waals surface area (Å²) in [5.74, 6) is 2.26. The highest BCUT2D eigenvalue weighted by molar-refractivity contribution is 14.0. The largest absolute Gasteiger partial charge is 0.474 e. The Morgan fingerprint density at radius 1 is 1.34 bits per heavy atom. The van der Waals surface area contributed by atoms with E-state index in [2.05, 4.69) is 27.5 Å². The van der Waals surface area contributed by atoms with Crippen molar-refractivity contribution >= 4 is 39.8 Å². The maximum absolute atomic E-state index is 11.3. The molecule has 0 amide bonds. The molecule has 29 heavy (non-hydrogen) atoms. The summed E-state index contributed by atoms with van der Waals surface area (Å²) in [7, 11) is -1.26. The molecule has 2 rings (SSSR count). The van der Waals surface area contributed by atoms with E-state index in [1.807, 2.05) is 19.1 Å². The normalized spacial score (nSPS) is 21.0. The third-order valence-electron chi connectivity index (χ3n) is 5.04. The van der Waals surface area contributed by atoms with Gasteiger partial charge >= 0.3 is 0 Å². The Morgan fingerprint density at radius 2 is 2.03 bits per heavy atom. The van der Waals surface area contributed by atoms with Crippen molar-refractivity contribution in [3.8, 4) is 5.88 Å². The number of hydrogen-bond donors (Lipinski definition) is 2. The SMILES string of the molecule is CN=C(NCc1ccnc(OC2CCC(C)CC2)c1)NC(C)CCS(C)(=O)=O.I. The first-order valence-electron chi connectivity index (χ1n) is 10.0. The number of sulfone groups is 1. The average molecular weight is 538 g/mol. The summed E-state index contributed by atoms with van der Waals surface area (Å²) in [6.07, 6.45) is 8.42. The standard InChI is InChI=1S/C20H34N4O3S.HI/c1-15-5-7-18(8-6-15)27-19-13-17(9-11-22-19)14-23-20(21-3)24-16(2)10-12-28(4,25)26;/h9,11,13,15-16,18H,5-8,10,12,14H2,1-4H3,(H2,21,23,24);1H. The second-order valence-electron chi connectivity index (χ2n) is 7.89. The van der Waals surface area contributed by atoms with Crippen molar-refractivity contribution < 1.29 is 13.2 Å². The van der Waals surface area contributed by atoms with E-state index in [-0.39, 0.29) is 41.9 Å². The van der Waals surface area contributed by atoms with Crippen molar-refractivity contribution in [3.05, 3.63) is 23.9 Å². The van der Waals surface area contributed by atoms with E-state index in [1.54, 1.807) is 13.2 Å². The molecule has 1 atom stereocenters. The summed E-state index contributed by atoms with van der Waals surface area (Å²) in [6.45, 7) is 4.82. The first kappa shape index (κ1) is 25.9. The molecule has 0 spiro atoms. The van der Waals surface area contributed by atoms with Crippen molar-refractivity contribution in [2.75, 3.05) is 19.1 Å². The number of ether oxygens (including phenoxy) is 1. The van der Waals surface area contributed by atoms with Crippen molar-refractivity contribution in [3.63, 3.8) is 0 Å². The fourth-order valence-corrected chi connectivity index (χ4v) is 4.00. The highest BCUT2D eigenvalue weighted by Gasteiger charge is 2.20. The summed E-state index contributed by atoms with van der Waals surface area (Å²) in [6, 6.07) is 3.92. The fraction of sp³-hybridized carbons (Fsp3) is 0.700. The Hall–Kier alpha value is -1.10. The zero-order valence-corrected chi connectivity index (χ0v) is 21.0. The van der Waals surface area contributed by atoms with Crippen LogP contribution in [-0.4, -0.2) is 50.6 Å². The number of halogens is 1. The molecule has 166 valence electrons. The van der Waals surface area contributed by atoms with Crippen molar-refractivity contribution in [1.29, 1.82) is 0 Å². The lowest BCUT2D eigenvalue weighted by Crippen LogP contribution is -2.42. The van der Waals surface area contributed by atoms with Crippen LogP contribution in [0.1, 0.15) is 51.5 Å². The van der Waals surface area contributed by atoms with Gasteiger partial charge in [0.25, 0.3) is 0 Å². The van der Waals surface area contributed by atoms with Crippen molar-refractivity contribution in [2.45, 2.75) is 64.6 Å². The van der Waals surface area contributed by atoms with Gasteiger partial charge in [-0.3, -0.25) is 4.99 Å². The Balaban J connectivity index is 0.00000420. The highest BCUT2D eigenvalue weighted by atomic mass is 127. The molecule has 0 aromatic carbocycles. The van der Waals surface area contributed by atoms with Gasteiger partial charge in [-0.15, -0.1) is 24.0 Å². The molecule has 0 bridgehead atoms. The molecule has 1 fully saturated rings. The first-order valence-corrected chi connectivity index (χ1v) is 12.1. The van der Waals surface area contributed by atoms with Crippen LogP contribution < -0.4 is 15.4 Å². The quantitative estimate of drug-likeness (QED) is 0.300. The molecule has 1 unspecified atom stereocenters. The van der Waals surface area contributed by atoms with Gasteiger partial charge in [-0.1, -0.05) is 6.92 Å². The predicted molar refractivity (Wildman–Crippen MR) is 129 cm³/mol. The summed E-state index contributed by atoms with van der Waals surface area (Å²) in [5, 5.41) is 6.48. The van der Waals surface area contributed by atoms with Crippen molar-refractivity contribution in [1.82, 2.24) is 15.6 Å². The molecule has 0 aliphatic heterocycles. The van der Waals surface area contributed by atoms with Crippen LogP contribution >= 0.6 is 24.0 Å². The molecule has 2 N–H and O–H groups in total. The number of rotatable bonds is 8. The van der Waals surface area contributed by atoms with Crippen LogP contribution in [-0.2, 0) is 16.4 Å². The van der Waals surface area contributed by atoms with E-state index in [1.165, 1.54) is 19.1 Å².